The zero-order valence-electron chi connectivity index (χ0n) is 16.2. The molecule has 0 aliphatic heterocycles. The fraction of sp³-hybridized carbons (Fsp3) is 0.238. The molecule has 0 aliphatic rings. The maximum Gasteiger partial charge on any atom is 1.00 e. The van der Waals surface area contributed by atoms with Crippen molar-refractivity contribution in [3.8, 4) is 5.75 Å². The molecular weight excluding hydrogens is 335 g/mol. The molecule has 3 rings (SSSR count). The molecule has 1 aromatic heterocycles. The summed E-state index contributed by atoms with van der Waals surface area (Å²) in [5.41, 5.74) is 1.19. The number of carbonyl (C=O) groups is 1. The number of benzene rings is 2. The van der Waals surface area contributed by atoms with Crippen LogP contribution in [0.1, 0.15) is 29.8 Å². The standard InChI is InChI=1S/C21H22N2O3.Li/c1-4-14-10-9-13-16-17(14)19(24)18(20(25)22(16)3)21(26)23(5-2)15-11-7-6-8-12-15;/h6-13,24H,4-5H2,1-3H3;/q;+1/p-1. The summed E-state index contributed by atoms with van der Waals surface area (Å²) >= 11 is 0. The number of rotatable bonds is 4. The average molecular weight is 356 g/mol. The molecule has 27 heavy (non-hydrogen) atoms. The third-order valence-corrected chi connectivity index (χ3v) is 4.69. The van der Waals surface area contributed by atoms with Crippen molar-refractivity contribution in [2.24, 2.45) is 7.05 Å². The molecule has 3 aromatic rings. The van der Waals surface area contributed by atoms with Gasteiger partial charge in [0, 0.05) is 19.3 Å². The summed E-state index contributed by atoms with van der Waals surface area (Å²) in [7, 11) is 1.60. The quantitative estimate of drug-likeness (QED) is 0.611. The van der Waals surface area contributed by atoms with Crippen LogP contribution >= 0.6 is 0 Å². The van der Waals surface area contributed by atoms with E-state index in [4.69, 9.17) is 0 Å². The van der Waals surface area contributed by atoms with Crippen LogP contribution in [0.15, 0.2) is 53.3 Å². The van der Waals surface area contributed by atoms with Gasteiger partial charge in [0.2, 0.25) is 0 Å². The molecule has 2 aromatic carbocycles. The van der Waals surface area contributed by atoms with Crippen molar-refractivity contribution in [3.63, 3.8) is 0 Å². The Kier molecular flexibility index (Phi) is 6.53. The number of aryl methyl sites for hydroxylation is 2. The van der Waals surface area contributed by atoms with Crippen LogP contribution in [0.3, 0.4) is 0 Å². The Morgan fingerprint density at radius 3 is 2.33 bits per heavy atom. The Labute approximate surface area is 170 Å². The predicted octanol–water partition coefficient (Wildman–Crippen LogP) is -0.155. The van der Waals surface area contributed by atoms with E-state index in [1.165, 1.54) is 9.47 Å². The van der Waals surface area contributed by atoms with Crippen LogP contribution in [0.4, 0.5) is 5.69 Å². The van der Waals surface area contributed by atoms with Crippen molar-refractivity contribution >= 4 is 22.5 Å². The van der Waals surface area contributed by atoms with Gasteiger partial charge in [0.15, 0.2) is 0 Å². The second kappa shape index (κ2) is 8.47. The number of anilines is 1. The molecule has 1 amide bonds. The second-order valence-electron chi connectivity index (χ2n) is 6.12. The van der Waals surface area contributed by atoms with Gasteiger partial charge in [0.1, 0.15) is 0 Å². The summed E-state index contributed by atoms with van der Waals surface area (Å²) in [6, 6.07) is 14.5. The minimum Gasteiger partial charge on any atom is -0.871 e. The zero-order chi connectivity index (χ0) is 18.8. The van der Waals surface area contributed by atoms with Gasteiger partial charge >= 0.3 is 18.9 Å². The van der Waals surface area contributed by atoms with Gasteiger partial charge in [-0.1, -0.05) is 43.0 Å². The van der Waals surface area contributed by atoms with Crippen molar-refractivity contribution in [1.82, 2.24) is 4.57 Å². The predicted molar refractivity (Wildman–Crippen MR) is 102 cm³/mol. The van der Waals surface area contributed by atoms with Gasteiger partial charge < -0.3 is 14.6 Å². The smallest absolute Gasteiger partial charge is 0.871 e. The normalized spacial score (nSPS) is 10.5. The van der Waals surface area contributed by atoms with Crippen LogP contribution in [-0.4, -0.2) is 17.0 Å². The van der Waals surface area contributed by atoms with Crippen LogP contribution in [-0.2, 0) is 13.5 Å². The number of nitrogens with zero attached hydrogens (tertiary/aromatic N) is 2. The van der Waals surface area contributed by atoms with E-state index < -0.39 is 17.2 Å². The van der Waals surface area contributed by atoms with Crippen LogP contribution in [0.25, 0.3) is 10.9 Å². The maximum absolute atomic E-state index is 13.1. The first-order valence-electron chi connectivity index (χ1n) is 8.69. The number of para-hydroxylation sites is 1. The summed E-state index contributed by atoms with van der Waals surface area (Å²) < 4.78 is 1.39. The maximum atomic E-state index is 13.1. The van der Waals surface area contributed by atoms with Gasteiger partial charge in [-0.15, -0.1) is 0 Å². The van der Waals surface area contributed by atoms with Crippen molar-refractivity contribution in [2.45, 2.75) is 20.3 Å². The van der Waals surface area contributed by atoms with Crippen LogP contribution in [0.2, 0.25) is 0 Å². The summed E-state index contributed by atoms with van der Waals surface area (Å²) in [4.78, 5) is 27.4. The molecule has 0 fully saturated rings. The minimum absolute atomic E-state index is 0. The number of pyridine rings is 1. The monoisotopic (exact) mass is 356 g/mol. The van der Waals surface area contributed by atoms with Crippen molar-refractivity contribution in [1.29, 1.82) is 0 Å². The molecule has 5 nitrogen and oxygen atoms in total. The van der Waals surface area contributed by atoms with E-state index in [-0.39, 0.29) is 24.4 Å². The van der Waals surface area contributed by atoms with Gasteiger partial charge in [-0.2, -0.15) is 0 Å². The van der Waals surface area contributed by atoms with E-state index in [2.05, 4.69) is 0 Å². The topological polar surface area (TPSA) is 65.4 Å². The van der Waals surface area contributed by atoms with E-state index in [0.29, 0.717) is 29.6 Å². The first kappa shape index (κ1) is 20.8. The van der Waals surface area contributed by atoms with Crippen LogP contribution in [0.5, 0.6) is 5.75 Å². The zero-order valence-corrected chi connectivity index (χ0v) is 16.2. The van der Waals surface area contributed by atoms with E-state index in [0.717, 1.165) is 5.56 Å². The van der Waals surface area contributed by atoms with Gasteiger partial charge in [0.25, 0.3) is 11.5 Å². The van der Waals surface area contributed by atoms with Crippen molar-refractivity contribution < 1.29 is 28.8 Å². The van der Waals surface area contributed by atoms with Gasteiger partial charge in [0.05, 0.1) is 11.1 Å². The van der Waals surface area contributed by atoms with Crippen molar-refractivity contribution in [3.05, 3.63) is 70.0 Å². The largest absolute Gasteiger partial charge is 1.00 e. The first-order chi connectivity index (χ1) is 12.5. The number of aromatic nitrogens is 1. The average Bonchev–Trinajstić information content (AvgIpc) is 2.67. The molecule has 0 spiro atoms. The number of fused-ring (bicyclic) bond motifs is 1. The molecule has 0 unspecified atom stereocenters. The number of hydrogen-bond donors (Lipinski definition) is 0. The molecule has 0 aliphatic carbocycles. The van der Waals surface area contributed by atoms with Gasteiger partial charge in [-0.05, 0) is 42.5 Å². The Morgan fingerprint density at radius 2 is 1.74 bits per heavy atom. The molecule has 0 saturated heterocycles. The first-order valence-corrected chi connectivity index (χ1v) is 8.69. The molecule has 0 radical (unpaired) electrons. The summed E-state index contributed by atoms with van der Waals surface area (Å²) in [5.74, 6) is -1.04. The summed E-state index contributed by atoms with van der Waals surface area (Å²) in [6.07, 6.45) is 0.647. The Balaban J connectivity index is 0.00000261. The molecule has 0 saturated carbocycles. The van der Waals surface area contributed by atoms with Crippen LogP contribution < -0.4 is 34.4 Å². The van der Waals surface area contributed by atoms with E-state index >= 15 is 0 Å². The van der Waals surface area contributed by atoms with Crippen LogP contribution in [0, 0.1) is 0 Å². The minimum atomic E-state index is -0.560. The number of amides is 1. The SMILES string of the molecule is CCc1cccc2c1c([O-])c(C(=O)N(CC)c1ccccc1)c(=O)n2C.[Li+]. The Hall–Kier alpha value is -2.48. The van der Waals surface area contributed by atoms with E-state index in [9.17, 15) is 14.7 Å². The molecule has 6 heteroatoms. The number of hydrogen-bond acceptors (Lipinski definition) is 3. The molecule has 134 valence electrons. The molecular formula is C21H21LiN2O3. The molecule has 0 bridgehead atoms. The fourth-order valence-corrected chi connectivity index (χ4v) is 3.30. The van der Waals surface area contributed by atoms with Gasteiger partial charge in [-0.3, -0.25) is 9.59 Å². The fourth-order valence-electron chi connectivity index (χ4n) is 3.30. The second-order valence-corrected chi connectivity index (χ2v) is 6.12. The Morgan fingerprint density at radius 1 is 1.07 bits per heavy atom. The summed E-state index contributed by atoms with van der Waals surface area (Å²) in [5, 5.41) is 13.6. The van der Waals surface area contributed by atoms with E-state index in [1.807, 2.05) is 44.2 Å². The van der Waals surface area contributed by atoms with Gasteiger partial charge in [-0.25, -0.2) is 0 Å². The van der Waals surface area contributed by atoms with Crippen molar-refractivity contribution in [2.75, 3.05) is 11.4 Å². The molecule has 0 N–H and O–H groups in total. The van der Waals surface area contributed by atoms with E-state index in [1.54, 1.807) is 25.2 Å². The summed E-state index contributed by atoms with van der Waals surface area (Å²) in [6.45, 7) is 4.13. The number of carbonyl (C=O) groups excluding carboxylic acids is 1. The molecule has 1 heterocycles. The third kappa shape index (κ3) is 3.53. The molecule has 0 atom stereocenters. The Bertz CT molecular complexity index is 1030. The third-order valence-electron chi connectivity index (χ3n) is 4.69.